The molecule has 2 aromatic carbocycles. The molecule has 2 N–H and O–H groups in total. The molecule has 0 spiro atoms. The van der Waals surface area contributed by atoms with Gasteiger partial charge in [-0.1, -0.05) is 35.9 Å². The van der Waals surface area contributed by atoms with Crippen molar-refractivity contribution >= 4 is 23.2 Å². The lowest BCUT2D eigenvalue weighted by Gasteiger charge is -2.41. The van der Waals surface area contributed by atoms with E-state index >= 15 is 0 Å². The molecule has 2 aliphatic heterocycles. The van der Waals surface area contributed by atoms with Crippen LogP contribution < -0.4 is 10.6 Å². The zero-order valence-corrected chi connectivity index (χ0v) is 20.6. The fraction of sp³-hybridized carbons (Fsp3) is 0.519. The number of anilines is 1. The lowest BCUT2D eigenvalue weighted by Crippen LogP contribution is -2.54. The predicted molar refractivity (Wildman–Crippen MR) is 137 cm³/mol. The van der Waals surface area contributed by atoms with Gasteiger partial charge in [-0.3, -0.25) is 9.69 Å². The van der Waals surface area contributed by atoms with Gasteiger partial charge in [0.15, 0.2) is 0 Å². The summed E-state index contributed by atoms with van der Waals surface area (Å²) in [6.45, 7) is 6.89. The number of piperazine rings is 1. The summed E-state index contributed by atoms with van der Waals surface area (Å²) >= 11 is 5.97. The molecule has 1 amide bonds. The number of hydrogen-bond donors (Lipinski definition) is 1. The highest BCUT2D eigenvalue weighted by Crippen LogP contribution is 2.33. The molecule has 2 atom stereocenters. The SMILES string of the molecule is NC(Cc1ccc(Cl)cc1)C(=O)N1CCN(c2cccc3c2CC(N2CCOCC2)CC3)CC1. The molecule has 2 unspecified atom stereocenters. The first kappa shape index (κ1) is 23.6. The van der Waals surface area contributed by atoms with Crippen LogP contribution >= 0.6 is 11.6 Å². The molecular formula is C27H35ClN4O2. The molecule has 2 fully saturated rings. The highest BCUT2D eigenvalue weighted by Gasteiger charge is 2.30. The Morgan fingerprint density at radius 1 is 1.03 bits per heavy atom. The molecule has 182 valence electrons. The van der Waals surface area contributed by atoms with Crippen LogP contribution in [0, 0.1) is 0 Å². The van der Waals surface area contributed by atoms with Crippen molar-refractivity contribution in [3.63, 3.8) is 0 Å². The van der Waals surface area contributed by atoms with E-state index in [-0.39, 0.29) is 5.91 Å². The molecule has 0 radical (unpaired) electrons. The molecule has 2 saturated heterocycles. The minimum absolute atomic E-state index is 0.0390. The number of benzene rings is 2. The van der Waals surface area contributed by atoms with Gasteiger partial charge in [-0.15, -0.1) is 0 Å². The number of nitrogens with zero attached hydrogens (tertiary/aromatic N) is 3. The van der Waals surface area contributed by atoms with Gasteiger partial charge in [0.1, 0.15) is 0 Å². The number of amides is 1. The number of morpholine rings is 1. The van der Waals surface area contributed by atoms with Gasteiger partial charge in [-0.2, -0.15) is 0 Å². The standard InChI is InChI=1S/C27H35ClN4O2/c28-22-7-4-20(5-8-22)18-25(29)27(33)32-12-10-31(11-13-32)26-3-1-2-21-6-9-23(19-24(21)26)30-14-16-34-17-15-30/h1-5,7-8,23,25H,6,9-19,29H2. The summed E-state index contributed by atoms with van der Waals surface area (Å²) < 4.78 is 5.57. The van der Waals surface area contributed by atoms with Gasteiger partial charge in [0.05, 0.1) is 19.3 Å². The Labute approximate surface area is 207 Å². The summed E-state index contributed by atoms with van der Waals surface area (Å²) in [6.07, 6.45) is 4.01. The van der Waals surface area contributed by atoms with Crippen molar-refractivity contribution in [2.75, 3.05) is 57.4 Å². The lowest BCUT2D eigenvalue weighted by molar-refractivity contribution is -0.132. The van der Waals surface area contributed by atoms with Crippen LogP contribution in [-0.4, -0.2) is 80.3 Å². The number of carbonyl (C=O) groups excluding carboxylic acids is 1. The molecule has 2 heterocycles. The van der Waals surface area contributed by atoms with E-state index in [1.807, 2.05) is 29.2 Å². The largest absolute Gasteiger partial charge is 0.379 e. The summed E-state index contributed by atoms with van der Waals surface area (Å²) in [7, 11) is 0. The van der Waals surface area contributed by atoms with Gasteiger partial charge in [0.2, 0.25) is 5.91 Å². The zero-order valence-electron chi connectivity index (χ0n) is 19.8. The fourth-order valence-electron chi connectivity index (χ4n) is 5.67. The van der Waals surface area contributed by atoms with E-state index in [4.69, 9.17) is 22.1 Å². The molecule has 1 aliphatic carbocycles. The third-order valence-corrected chi connectivity index (χ3v) is 7.87. The van der Waals surface area contributed by atoms with Crippen LogP contribution in [-0.2, 0) is 28.8 Å². The van der Waals surface area contributed by atoms with E-state index in [0.717, 1.165) is 57.8 Å². The first-order valence-electron chi connectivity index (χ1n) is 12.5. The fourth-order valence-corrected chi connectivity index (χ4v) is 5.79. The van der Waals surface area contributed by atoms with E-state index in [1.165, 1.54) is 23.2 Å². The average Bonchev–Trinajstić information content (AvgIpc) is 2.89. The minimum atomic E-state index is -0.522. The summed E-state index contributed by atoms with van der Waals surface area (Å²) in [5, 5.41) is 0.694. The Kier molecular flexibility index (Phi) is 7.40. The Hall–Kier alpha value is -2.12. The third-order valence-electron chi connectivity index (χ3n) is 7.62. The topological polar surface area (TPSA) is 62.0 Å². The summed E-state index contributed by atoms with van der Waals surface area (Å²) in [5.41, 5.74) is 11.7. The van der Waals surface area contributed by atoms with Crippen molar-refractivity contribution in [3.05, 3.63) is 64.2 Å². The number of ether oxygens (including phenoxy) is 1. The monoisotopic (exact) mass is 482 g/mol. The molecule has 3 aliphatic rings. The molecule has 2 aromatic rings. The highest BCUT2D eigenvalue weighted by atomic mass is 35.5. The molecular weight excluding hydrogens is 448 g/mol. The van der Waals surface area contributed by atoms with Gasteiger partial charge in [0.25, 0.3) is 0 Å². The summed E-state index contributed by atoms with van der Waals surface area (Å²) in [4.78, 5) is 20.0. The zero-order chi connectivity index (χ0) is 23.5. The number of fused-ring (bicyclic) bond motifs is 1. The Balaban J connectivity index is 1.20. The molecule has 6 nitrogen and oxygen atoms in total. The second-order valence-electron chi connectivity index (χ2n) is 9.71. The van der Waals surface area contributed by atoms with Crippen LogP contribution in [0.5, 0.6) is 0 Å². The van der Waals surface area contributed by atoms with Crippen molar-refractivity contribution in [1.82, 2.24) is 9.80 Å². The molecule has 34 heavy (non-hydrogen) atoms. The first-order valence-corrected chi connectivity index (χ1v) is 12.9. The normalized spacial score (nSPS) is 22.4. The van der Waals surface area contributed by atoms with Crippen molar-refractivity contribution in [1.29, 1.82) is 0 Å². The van der Waals surface area contributed by atoms with Gasteiger partial charge in [-0.25, -0.2) is 0 Å². The Morgan fingerprint density at radius 2 is 1.76 bits per heavy atom. The van der Waals surface area contributed by atoms with Crippen molar-refractivity contribution in [2.24, 2.45) is 5.73 Å². The molecule has 0 bridgehead atoms. The lowest BCUT2D eigenvalue weighted by atomic mass is 9.85. The van der Waals surface area contributed by atoms with Crippen molar-refractivity contribution in [2.45, 2.75) is 37.8 Å². The Morgan fingerprint density at radius 3 is 2.50 bits per heavy atom. The van der Waals surface area contributed by atoms with E-state index in [2.05, 4.69) is 28.0 Å². The van der Waals surface area contributed by atoms with Crippen LogP contribution in [0.1, 0.15) is 23.1 Å². The predicted octanol–water partition coefficient (Wildman–Crippen LogP) is 2.75. The maximum Gasteiger partial charge on any atom is 0.239 e. The molecule has 0 aromatic heterocycles. The number of nitrogens with two attached hydrogens (primary N) is 1. The van der Waals surface area contributed by atoms with Crippen LogP contribution in [0.3, 0.4) is 0 Å². The van der Waals surface area contributed by atoms with Crippen molar-refractivity contribution < 1.29 is 9.53 Å². The number of hydrogen-bond acceptors (Lipinski definition) is 5. The molecule has 7 heteroatoms. The maximum atomic E-state index is 13.0. The first-order chi connectivity index (χ1) is 16.6. The van der Waals surface area contributed by atoms with Crippen molar-refractivity contribution in [3.8, 4) is 0 Å². The number of aryl methyl sites for hydroxylation is 1. The van der Waals surface area contributed by atoms with Gasteiger partial charge < -0.3 is 20.3 Å². The smallest absolute Gasteiger partial charge is 0.239 e. The number of halogens is 1. The maximum absolute atomic E-state index is 13.0. The van der Waals surface area contributed by atoms with Gasteiger partial charge >= 0.3 is 0 Å². The molecule has 0 saturated carbocycles. The van der Waals surface area contributed by atoms with Crippen LogP contribution in [0.25, 0.3) is 0 Å². The third kappa shape index (κ3) is 5.25. The second-order valence-corrected chi connectivity index (χ2v) is 10.1. The van der Waals surface area contributed by atoms with Crippen LogP contribution in [0.15, 0.2) is 42.5 Å². The molecule has 5 rings (SSSR count). The highest BCUT2D eigenvalue weighted by molar-refractivity contribution is 6.30. The summed E-state index contributed by atoms with van der Waals surface area (Å²) in [6, 6.07) is 14.4. The van der Waals surface area contributed by atoms with E-state index < -0.39 is 6.04 Å². The van der Waals surface area contributed by atoms with Gasteiger partial charge in [0, 0.05) is 56.0 Å². The number of carbonyl (C=O) groups is 1. The van der Waals surface area contributed by atoms with Crippen LogP contribution in [0.2, 0.25) is 5.02 Å². The summed E-state index contributed by atoms with van der Waals surface area (Å²) in [5.74, 6) is 0.0390. The van der Waals surface area contributed by atoms with E-state index in [9.17, 15) is 4.79 Å². The van der Waals surface area contributed by atoms with E-state index in [1.54, 1.807) is 0 Å². The quantitative estimate of drug-likeness (QED) is 0.710. The van der Waals surface area contributed by atoms with Crippen LogP contribution in [0.4, 0.5) is 5.69 Å². The minimum Gasteiger partial charge on any atom is -0.379 e. The second kappa shape index (κ2) is 10.6. The average molecular weight is 483 g/mol. The van der Waals surface area contributed by atoms with Gasteiger partial charge in [-0.05, 0) is 60.6 Å². The number of rotatable bonds is 5. The Bertz CT molecular complexity index is 985. The van der Waals surface area contributed by atoms with E-state index in [0.29, 0.717) is 30.6 Å².